The number of hydrogen-bond acceptors (Lipinski definition) is 4. The van der Waals surface area contributed by atoms with Gasteiger partial charge in [-0.15, -0.1) is 5.10 Å². The summed E-state index contributed by atoms with van der Waals surface area (Å²) in [4.78, 5) is 25.1. The van der Waals surface area contributed by atoms with Crippen molar-refractivity contribution in [3.05, 3.63) is 41.7 Å². The van der Waals surface area contributed by atoms with Gasteiger partial charge in [0, 0.05) is 13.1 Å². The summed E-state index contributed by atoms with van der Waals surface area (Å²) in [6, 6.07) is 7.72. The third-order valence-electron chi connectivity index (χ3n) is 4.07. The lowest BCUT2D eigenvalue weighted by atomic mass is 9.98. The van der Waals surface area contributed by atoms with Crippen molar-refractivity contribution >= 4 is 11.9 Å². The second-order valence-electron chi connectivity index (χ2n) is 5.81. The van der Waals surface area contributed by atoms with Crippen molar-refractivity contribution in [3.63, 3.8) is 0 Å². The van der Waals surface area contributed by atoms with Crippen molar-refractivity contribution in [3.8, 4) is 5.69 Å². The first kappa shape index (κ1) is 15.2. The van der Waals surface area contributed by atoms with Crippen molar-refractivity contribution in [2.24, 2.45) is 5.92 Å². The Morgan fingerprint density at radius 2 is 2.00 bits per heavy atom. The number of aliphatic carboxylic acids is 1. The van der Waals surface area contributed by atoms with Crippen LogP contribution < -0.4 is 0 Å². The topological polar surface area (TPSA) is 88.3 Å². The lowest BCUT2D eigenvalue weighted by Crippen LogP contribution is -2.42. The Kier molecular flexibility index (Phi) is 4.10. The van der Waals surface area contributed by atoms with E-state index in [-0.39, 0.29) is 18.1 Å². The summed E-state index contributed by atoms with van der Waals surface area (Å²) in [5, 5.41) is 17.0. The van der Waals surface area contributed by atoms with Crippen molar-refractivity contribution in [1.82, 2.24) is 19.9 Å². The molecule has 1 saturated heterocycles. The van der Waals surface area contributed by atoms with Crippen molar-refractivity contribution in [2.75, 3.05) is 13.1 Å². The molecule has 1 fully saturated rings. The fraction of sp³-hybridized carbons (Fsp3) is 0.375. The van der Waals surface area contributed by atoms with Gasteiger partial charge in [0.15, 0.2) is 5.69 Å². The molecule has 1 atom stereocenters. The molecule has 23 heavy (non-hydrogen) atoms. The first-order valence-electron chi connectivity index (χ1n) is 7.56. The minimum Gasteiger partial charge on any atom is -0.481 e. The molecule has 0 aliphatic carbocycles. The molecular weight excluding hydrogens is 296 g/mol. The van der Waals surface area contributed by atoms with Gasteiger partial charge in [-0.05, 0) is 31.9 Å². The van der Waals surface area contributed by atoms with Crippen LogP contribution in [-0.4, -0.2) is 50.0 Å². The summed E-state index contributed by atoms with van der Waals surface area (Å²) in [5.74, 6) is -1.63. The number of carbonyl (C=O) groups excluding carboxylic acids is 1. The normalized spacial score (nSPS) is 18.0. The summed E-state index contributed by atoms with van der Waals surface area (Å²) in [7, 11) is 0. The number of likely N-dealkylation sites (tertiary alicyclic amines) is 1. The Bertz CT molecular complexity index is 723. The summed E-state index contributed by atoms with van der Waals surface area (Å²) in [6.07, 6.45) is 2.88. The Hall–Kier alpha value is -2.70. The molecule has 3 rings (SSSR count). The molecule has 7 nitrogen and oxygen atoms in total. The summed E-state index contributed by atoms with van der Waals surface area (Å²) >= 11 is 0. The molecule has 1 aliphatic rings. The minimum absolute atomic E-state index is 0.228. The van der Waals surface area contributed by atoms with Crippen LogP contribution in [0.15, 0.2) is 30.5 Å². The largest absolute Gasteiger partial charge is 0.481 e. The number of nitrogens with zero attached hydrogens (tertiary/aromatic N) is 4. The fourth-order valence-corrected chi connectivity index (χ4v) is 2.71. The molecule has 0 spiro atoms. The summed E-state index contributed by atoms with van der Waals surface area (Å²) in [6.45, 7) is 2.78. The zero-order valence-electron chi connectivity index (χ0n) is 12.8. The van der Waals surface area contributed by atoms with Gasteiger partial charge in [-0.1, -0.05) is 22.9 Å². The predicted molar refractivity (Wildman–Crippen MR) is 82.4 cm³/mol. The number of piperidine rings is 1. The second kappa shape index (κ2) is 6.20. The van der Waals surface area contributed by atoms with E-state index in [0.717, 1.165) is 11.3 Å². The lowest BCUT2D eigenvalue weighted by Gasteiger charge is -2.29. The molecule has 1 aromatic carbocycles. The molecule has 2 heterocycles. The molecule has 1 amide bonds. The number of amides is 1. The summed E-state index contributed by atoms with van der Waals surface area (Å²) < 4.78 is 1.55. The number of aryl methyl sites for hydroxylation is 1. The smallest absolute Gasteiger partial charge is 0.308 e. The highest BCUT2D eigenvalue weighted by Gasteiger charge is 2.29. The molecule has 1 aromatic heterocycles. The first-order valence-corrected chi connectivity index (χ1v) is 7.56. The lowest BCUT2D eigenvalue weighted by molar-refractivity contribution is -0.143. The van der Waals surface area contributed by atoms with E-state index in [2.05, 4.69) is 10.3 Å². The Morgan fingerprint density at radius 1 is 1.26 bits per heavy atom. The second-order valence-corrected chi connectivity index (χ2v) is 5.81. The van der Waals surface area contributed by atoms with Gasteiger partial charge in [-0.3, -0.25) is 9.59 Å². The van der Waals surface area contributed by atoms with Gasteiger partial charge in [-0.2, -0.15) is 0 Å². The first-order chi connectivity index (χ1) is 11.0. The Labute approximate surface area is 133 Å². The van der Waals surface area contributed by atoms with Crippen LogP contribution in [0.1, 0.15) is 28.9 Å². The van der Waals surface area contributed by atoms with Crippen molar-refractivity contribution < 1.29 is 14.7 Å². The van der Waals surface area contributed by atoms with Gasteiger partial charge in [0.25, 0.3) is 5.91 Å². The number of aromatic nitrogens is 3. The van der Waals surface area contributed by atoms with E-state index >= 15 is 0 Å². The van der Waals surface area contributed by atoms with E-state index in [9.17, 15) is 9.59 Å². The molecule has 0 bridgehead atoms. The van der Waals surface area contributed by atoms with E-state index in [4.69, 9.17) is 5.11 Å². The van der Waals surface area contributed by atoms with Crippen LogP contribution in [0.3, 0.4) is 0 Å². The number of benzene rings is 1. The van der Waals surface area contributed by atoms with Gasteiger partial charge in [0.2, 0.25) is 0 Å². The van der Waals surface area contributed by atoms with Crippen molar-refractivity contribution in [2.45, 2.75) is 19.8 Å². The van der Waals surface area contributed by atoms with Crippen LogP contribution in [0.25, 0.3) is 5.69 Å². The Balaban J connectivity index is 1.75. The molecule has 0 unspecified atom stereocenters. The third-order valence-corrected chi connectivity index (χ3v) is 4.07. The molecule has 1 N–H and O–H groups in total. The van der Waals surface area contributed by atoms with Gasteiger partial charge in [0.1, 0.15) is 0 Å². The maximum atomic E-state index is 12.5. The number of hydrogen-bond donors (Lipinski definition) is 1. The van der Waals surface area contributed by atoms with E-state index in [1.54, 1.807) is 15.8 Å². The Morgan fingerprint density at radius 3 is 2.70 bits per heavy atom. The number of carboxylic acid groups (broad SMARTS) is 1. The van der Waals surface area contributed by atoms with Crippen LogP contribution in [-0.2, 0) is 4.79 Å². The maximum Gasteiger partial charge on any atom is 0.308 e. The zero-order valence-corrected chi connectivity index (χ0v) is 12.8. The minimum atomic E-state index is -0.856. The quantitative estimate of drug-likeness (QED) is 0.928. The molecule has 1 aliphatic heterocycles. The maximum absolute atomic E-state index is 12.5. The van der Waals surface area contributed by atoms with E-state index in [1.807, 2.05) is 31.2 Å². The van der Waals surface area contributed by atoms with Crippen LogP contribution >= 0.6 is 0 Å². The highest BCUT2D eigenvalue weighted by Crippen LogP contribution is 2.18. The van der Waals surface area contributed by atoms with E-state index in [1.165, 1.54) is 0 Å². The molecule has 0 saturated carbocycles. The van der Waals surface area contributed by atoms with Gasteiger partial charge in [-0.25, -0.2) is 4.68 Å². The number of rotatable bonds is 3. The number of carbonyl (C=O) groups is 2. The van der Waals surface area contributed by atoms with Crippen LogP contribution in [0.4, 0.5) is 0 Å². The molecular formula is C16H18N4O3. The highest BCUT2D eigenvalue weighted by molar-refractivity contribution is 5.92. The number of carboxylic acids is 1. The van der Waals surface area contributed by atoms with Crippen LogP contribution in [0.5, 0.6) is 0 Å². The SMILES string of the molecule is Cc1ccc(-n2cc(C(=O)N3CCC[C@H](C(=O)O)C3)nn2)cc1. The molecule has 7 heteroatoms. The third kappa shape index (κ3) is 3.23. The standard InChI is InChI=1S/C16H18N4O3/c1-11-4-6-13(7-5-11)20-10-14(17-18-20)15(21)19-8-2-3-12(9-19)16(22)23/h4-7,10,12H,2-3,8-9H2,1H3,(H,22,23)/t12-/m0/s1. The van der Waals surface area contributed by atoms with E-state index < -0.39 is 11.9 Å². The van der Waals surface area contributed by atoms with Gasteiger partial charge in [0.05, 0.1) is 17.8 Å². The molecule has 2 aromatic rings. The van der Waals surface area contributed by atoms with Crippen LogP contribution in [0.2, 0.25) is 0 Å². The predicted octanol–water partition coefficient (Wildman–Crippen LogP) is 1.51. The molecule has 0 radical (unpaired) electrons. The van der Waals surface area contributed by atoms with E-state index in [0.29, 0.717) is 19.4 Å². The highest BCUT2D eigenvalue weighted by atomic mass is 16.4. The average molecular weight is 314 g/mol. The van der Waals surface area contributed by atoms with Crippen LogP contribution in [0, 0.1) is 12.8 Å². The summed E-state index contributed by atoms with van der Waals surface area (Å²) in [5.41, 5.74) is 2.19. The zero-order chi connectivity index (χ0) is 16.4. The van der Waals surface area contributed by atoms with Gasteiger partial charge >= 0.3 is 5.97 Å². The van der Waals surface area contributed by atoms with Gasteiger partial charge < -0.3 is 10.0 Å². The van der Waals surface area contributed by atoms with Crippen molar-refractivity contribution in [1.29, 1.82) is 0 Å². The fourth-order valence-electron chi connectivity index (χ4n) is 2.71. The average Bonchev–Trinajstić information content (AvgIpc) is 3.05. The molecule has 120 valence electrons. The monoisotopic (exact) mass is 314 g/mol.